The summed E-state index contributed by atoms with van der Waals surface area (Å²) in [7, 11) is 0. The van der Waals surface area contributed by atoms with Gasteiger partial charge >= 0.3 is 0 Å². The molecule has 0 saturated heterocycles. The number of halogens is 1. The predicted octanol–water partition coefficient (Wildman–Crippen LogP) is 4.31. The zero-order chi connectivity index (χ0) is 14.4. The SMILES string of the molecule is CCCNc1ncc(Cl)c(Oc2ccccc2CC)n1. The third-order valence-electron chi connectivity index (χ3n) is 2.81. The fourth-order valence-corrected chi connectivity index (χ4v) is 1.87. The Morgan fingerprint density at radius 1 is 1.25 bits per heavy atom. The molecular formula is C15H18ClN3O. The maximum Gasteiger partial charge on any atom is 0.243 e. The van der Waals surface area contributed by atoms with Crippen LogP contribution in [0.15, 0.2) is 30.5 Å². The minimum atomic E-state index is 0.376. The molecule has 0 fully saturated rings. The number of nitrogens with one attached hydrogen (secondary N) is 1. The molecule has 0 amide bonds. The molecule has 0 aliphatic heterocycles. The largest absolute Gasteiger partial charge is 0.437 e. The number of benzene rings is 1. The second-order valence-corrected chi connectivity index (χ2v) is 4.74. The number of hydrogen-bond donors (Lipinski definition) is 1. The molecule has 20 heavy (non-hydrogen) atoms. The van der Waals surface area contributed by atoms with Crippen LogP contribution in [-0.2, 0) is 6.42 Å². The fourth-order valence-electron chi connectivity index (χ4n) is 1.74. The van der Waals surface area contributed by atoms with E-state index in [-0.39, 0.29) is 0 Å². The van der Waals surface area contributed by atoms with Crippen LogP contribution >= 0.6 is 11.6 Å². The zero-order valence-electron chi connectivity index (χ0n) is 11.7. The van der Waals surface area contributed by atoms with Gasteiger partial charge in [-0.05, 0) is 24.5 Å². The van der Waals surface area contributed by atoms with Gasteiger partial charge < -0.3 is 10.1 Å². The summed E-state index contributed by atoms with van der Waals surface area (Å²) in [6, 6.07) is 7.86. The van der Waals surface area contributed by atoms with Gasteiger partial charge in [-0.15, -0.1) is 0 Å². The van der Waals surface area contributed by atoms with Crippen molar-refractivity contribution in [1.29, 1.82) is 0 Å². The first-order chi connectivity index (χ1) is 9.74. The van der Waals surface area contributed by atoms with Gasteiger partial charge in [0.2, 0.25) is 11.8 Å². The van der Waals surface area contributed by atoms with E-state index in [1.807, 2.05) is 24.3 Å². The molecule has 1 heterocycles. The Bertz CT molecular complexity index is 575. The highest BCUT2D eigenvalue weighted by Crippen LogP contribution is 2.29. The summed E-state index contributed by atoms with van der Waals surface area (Å²) >= 11 is 6.10. The quantitative estimate of drug-likeness (QED) is 0.861. The Morgan fingerprint density at radius 3 is 2.80 bits per heavy atom. The van der Waals surface area contributed by atoms with Gasteiger partial charge in [0.1, 0.15) is 10.8 Å². The van der Waals surface area contributed by atoms with Gasteiger partial charge in [-0.2, -0.15) is 4.98 Å². The van der Waals surface area contributed by atoms with Crippen molar-refractivity contribution in [3.05, 3.63) is 41.0 Å². The number of nitrogens with zero attached hydrogens (tertiary/aromatic N) is 2. The van der Waals surface area contributed by atoms with Gasteiger partial charge in [-0.1, -0.05) is 43.6 Å². The molecule has 1 N–H and O–H groups in total. The van der Waals surface area contributed by atoms with E-state index < -0.39 is 0 Å². The Hall–Kier alpha value is -1.81. The summed E-state index contributed by atoms with van der Waals surface area (Å²) in [6.07, 6.45) is 3.44. The van der Waals surface area contributed by atoms with Crippen LogP contribution in [0, 0.1) is 0 Å². The average Bonchev–Trinajstić information content (AvgIpc) is 2.48. The lowest BCUT2D eigenvalue weighted by molar-refractivity contribution is 0.457. The second kappa shape index (κ2) is 7.10. The molecule has 2 rings (SSSR count). The number of aryl methyl sites for hydroxylation is 1. The van der Waals surface area contributed by atoms with E-state index in [1.54, 1.807) is 6.20 Å². The Balaban J connectivity index is 2.23. The topological polar surface area (TPSA) is 47.0 Å². The number of aromatic nitrogens is 2. The van der Waals surface area contributed by atoms with Crippen molar-refractivity contribution in [1.82, 2.24) is 9.97 Å². The number of anilines is 1. The maximum absolute atomic E-state index is 6.10. The molecule has 1 aromatic heterocycles. The van der Waals surface area contributed by atoms with Gasteiger partial charge in [0.25, 0.3) is 0 Å². The van der Waals surface area contributed by atoms with Gasteiger partial charge in [0.05, 0.1) is 6.20 Å². The smallest absolute Gasteiger partial charge is 0.243 e. The third kappa shape index (κ3) is 3.61. The monoisotopic (exact) mass is 291 g/mol. The van der Waals surface area contributed by atoms with Crippen molar-refractivity contribution in [2.45, 2.75) is 26.7 Å². The van der Waals surface area contributed by atoms with Crippen LogP contribution in [0.1, 0.15) is 25.8 Å². The molecule has 4 nitrogen and oxygen atoms in total. The molecule has 0 spiro atoms. The zero-order valence-corrected chi connectivity index (χ0v) is 12.4. The highest BCUT2D eigenvalue weighted by atomic mass is 35.5. The normalized spacial score (nSPS) is 10.3. The van der Waals surface area contributed by atoms with Crippen LogP contribution in [0.25, 0.3) is 0 Å². The van der Waals surface area contributed by atoms with E-state index >= 15 is 0 Å². The Morgan fingerprint density at radius 2 is 2.05 bits per heavy atom. The standard InChI is InChI=1S/C15H18ClN3O/c1-3-9-17-15-18-10-12(16)14(19-15)20-13-8-6-5-7-11(13)4-2/h5-8,10H,3-4,9H2,1-2H3,(H,17,18,19). The number of rotatable bonds is 6. The minimum Gasteiger partial charge on any atom is -0.437 e. The van der Waals surface area contributed by atoms with Gasteiger partial charge in [-0.3, -0.25) is 0 Å². The van der Waals surface area contributed by atoms with Crippen LogP contribution in [0.5, 0.6) is 11.6 Å². The summed E-state index contributed by atoms with van der Waals surface area (Å²) in [4.78, 5) is 8.43. The summed E-state index contributed by atoms with van der Waals surface area (Å²) in [5.74, 6) is 1.68. The third-order valence-corrected chi connectivity index (χ3v) is 3.06. The Labute approximate surface area is 124 Å². The minimum absolute atomic E-state index is 0.376. The molecule has 0 saturated carbocycles. The first-order valence-electron chi connectivity index (χ1n) is 6.76. The van der Waals surface area contributed by atoms with Crippen LogP contribution in [-0.4, -0.2) is 16.5 Å². The molecule has 0 aliphatic carbocycles. The summed E-state index contributed by atoms with van der Waals surface area (Å²) < 4.78 is 5.83. The van der Waals surface area contributed by atoms with Crippen LogP contribution < -0.4 is 10.1 Å². The molecule has 0 atom stereocenters. The molecule has 0 bridgehead atoms. The molecular weight excluding hydrogens is 274 g/mol. The first kappa shape index (κ1) is 14.6. The number of para-hydroxylation sites is 1. The highest BCUT2D eigenvalue weighted by Gasteiger charge is 2.09. The van der Waals surface area contributed by atoms with Crippen LogP contribution in [0.4, 0.5) is 5.95 Å². The average molecular weight is 292 g/mol. The van der Waals surface area contributed by atoms with Crippen molar-refractivity contribution in [2.24, 2.45) is 0 Å². The lowest BCUT2D eigenvalue weighted by Crippen LogP contribution is -2.05. The van der Waals surface area contributed by atoms with Crippen molar-refractivity contribution in [2.75, 3.05) is 11.9 Å². The summed E-state index contributed by atoms with van der Waals surface area (Å²) in [6.45, 7) is 4.97. The first-order valence-corrected chi connectivity index (χ1v) is 7.14. The molecule has 5 heteroatoms. The highest BCUT2D eigenvalue weighted by molar-refractivity contribution is 6.31. The van der Waals surface area contributed by atoms with Gasteiger partial charge in [0, 0.05) is 6.54 Å². The molecule has 106 valence electrons. The van der Waals surface area contributed by atoms with E-state index in [2.05, 4.69) is 29.1 Å². The van der Waals surface area contributed by atoms with E-state index in [9.17, 15) is 0 Å². The van der Waals surface area contributed by atoms with Crippen molar-refractivity contribution < 1.29 is 4.74 Å². The molecule has 1 aromatic carbocycles. The lowest BCUT2D eigenvalue weighted by Gasteiger charge is -2.11. The van der Waals surface area contributed by atoms with Crippen molar-refractivity contribution >= 4 is 17.5 Å². The second-order valence-electron chi connectivity index (χ2n) is 4.34. The molecule has 0 aliphatic rings. The van der Waals surface area contributed by atoms with Crippen molar-refractivity contribution in [3.8, 4) is 11.6 Å². The van der Waals surface area contributed by atoms with E-state index in [4.69, 9.17) is 16.3 Å². The van der Waals surface area contributed by atoms with Crippen LogP contribution in [0.2, 0.25) is 5.02 Å². The van der Waals surface area contributed by atoms with E-state index in [1.165, 1.54) is 0 Å². The maximum atomic E-state index is 6.10. The molecule has 0 unspecified atom stereocenters. The van der Waals surface area contributed by atoms with Crippen LogP contribution in [0.3, 0.4) is 0 Å². The lowest BCUT2D eigenvalue weighted by atomic mass is 10.1. The number of hydrogen-bond acceptors (Lipinski definition) is 4. The molecule has 0 radical (unpaired) electrons. The predicted molar refractivity (Wildman–Crippen MR) is 81.7 cm³/mol. The van der Waals surface area contributed by atoms with E-state index in [0.29, 0.717) is 16.9 Å². The Kier molecular flexibility index (Phi) is 5.18. The number of ether oxygens (including phenoxy) is 1. The summed E-state index contributed by atoms with van der Waals surface area (Å²) in [5.41, 5.74) is 1.12. The van der Waals surface area contributed by atoms with Crippen molar-refractivity contribution in [3.63, 3.8) is 0 Å². The van der Waals surface area contributed by atoms with E-state index in [0.717, 1.165) is 30.7 Å². The van der Waals surface area contributed by atoms with Gasteiger partial charge in [0.15, 0.2) is 0 Å². The summed E-state index contributed by atoms with van der Waals surface area (Å²) in [5, 5.41) is 3.52. The fraction of sp³-hybridized carbons (Fsp3) is 0.333. The molecule has 2 aromatic rings. The van der Waals surface area contributed by atoms with Gasteiger partial charge in [-0.25, -0.2) is 4.98 Å².